The Labute approximate surface area is 220 Å². The van der Waals surface area contributed by atoms with Crippen LogP contribution < -0.4 is 20.9 Å². The molecule has 4 rings (SSSR count). The van der Waals surface area contributed by atoms with Gasteiger partial charge >= 0.3 is 6.09 Å². The molecule has 18 heteroatoms. The van der Waals surface area contributed by atoms with Crippen molar-refractivity contribution in [3.8, 4) is 0 Å². The third-order valence-electron chi connectivity index (χ3n) is 6.34. The third-order valence-corrected chi connectivity index (χ3v) is 6.34. The zero-order valence-corrected chi connectivity index (χ0v) is 21.0. The molecule has 18 nitrogen and oxygen atoms in total. The summed E-state index contributed by atoms with van der Waals surface area (Å²) in [5.41, 5.74) is 0.653. The summed E-state index contributed by atoms with van der Waals surface area (Å²) in [4.78, 5) is 57.4. The molecule has 4 atom stereocenters. The van der Waals surface area contributed by atoms with Crippen molar-refractivity contribution in [3.05, 3.63) is 35.5 Å². The average molecular weight is 542 g/mol. The van der Waals surface area contributed by atoms with Crippen LogP contribution in [-0.4, -0.2) is 93.3 Å². The highest BCUT2D eigenvalue weighted by Crippen LogP contribution is 2.31. The van der Waals surface area contributed by atoms with Crippen LogP contribution in [-0.2, 0) is 33.8 Å². The SMILES string of the molecule is CC[C@H](C)[C@H](NC(=O)O)C(=O)NC(Cc1nn[nH]n1)C(=O)N1c2ncccc2CC1C(=O)NCc1nn[nH]n1. The molecular formula is C21H27N13O5. The number of carboxylic acid groups (broad SMARTS) is 1. The number of nitrogens with zero attached hydrogens (tertiary/aromatic N) is 8. The molecule has 0 fully saturated rings. The predicted molar refractivity (Wildman–Crippen MR) is 129 cm³/mol. The Bertz CT molecular complexity index is 1300. The predicted octanol–water partition coefficient (Wildman–Crippen LogP) is -1.91. The molecule has 1 aliphatic heterocycles. The quantitative estimate of drug-likeness (QED) is 0.156. The molecule has 4 amide bonds. The fourth-order valence-electron chi connectivity index (χ4n) is 4.18. The van der Waals surface area contributed by atoms with Gasteiger partial charge in [0.1, 0.15) is 23.9 Å². The van der Waals surface area contributed by atoms with E-state index in [2.05, 4.69) is 62.2 Å². The Morgan fingerprint density at radius 1 is 1.13 bits per heavy atom. The molecule has 3 aromatic heterocycles. The summed E-state index contributed by atoms with van der Waals surface area (Å²) in [6, 6.07) is 0.0243. The number of amides is 4. The molecule has 6 N–H and O–H groups in total. The molecule has 206 valence electrons. The molecule has 0 aromatic carbocycles. The number of fused-ring (bicyclic) bond motifs is 1. The summed E-state index contributed by atoms with van der Waals surface area (Å²) < 4.78 is 0. The number of hydrogen-bond acceptors (Lipinski definition) is 11. The van der Waals surface area contributed by atoms with E-state index in [9.17, 15) is 24.3 Å². The highest BCUT2D eigenvalue weighted by molar-refractivity contribution is 6.06. The molecule has 39 heavy (non-hydrogen) atoms. The summed E-state index contributed by atoms with van der Waals surface area (Å²) >= 11 is 0. The molecule has 0 radical (unpaired) electrons. The van der Waals surface area contributed by atoms with Crippen molar-refractivity contribution in [1.29, 1.82) is 0 Å². The molecule has 1 aliphatic rings. The van der Waals surface area contributed by atoms with E-state index >= 15 is 0 Å². The first-order valence-electron chi connectivity index (χ1n) is 12.1. The van der Waals surface area contributed by atoms with Crippen molar-refractivity contribution in [2.24, 2.45) is 5.92 Å². The van der Waals surface area contributed by atoms with Crippen LogP contribution in [0.4, 0.5) is 10.6 Å². The van der Waals surface area contributed by atoms with Crippen molar-refractivity contribution < 1.29 is 24.3 Å². The van der Waals surface area contributed by atoms with E-state index in [1.165, 1.54) is 11.1 Å². The number of pyridine rings is 1. The van der Waals surface area contributed by atoms with Crippen molar-refractivity contribution in [3.63, 3.8) is 0 Å². The van der Waals surface area contributed by atoms with Gasteiger partial charge in [-0.05, 0) is 17.5 Å². The van der Waals surface area contributed by atoms with Gasteiger partial charge in [-0.1, -0.05) is 36.8 Å². The minimum Gasteiger partial charge on any atom is -0.465 e. The van der Waals surface area contributed by atoms with Gasteiger partial charge in [-0.3, -0.25) is 19.3 Å². The lowest BCUT2D eigenvalue weighted by Gasteiger charge is -2.30. The van der Waals surface area contributed by atoms with Gasteiger partial charge in [0.05, 0.1) is 6.54 Å². The average Bonchev–Trinajstić information content (AvgIpc) is 3.70. The Morgan fingerprint density at radius 3 is 2.49 bits per heavy atom. The molecule has 0 saturated heterocycles. The van der Waals surface area contributed by atoms with Gasteiger partial charge in [-0.15, -0.1) is 20.4 Å². The van der Waals surface area contributed by atoms with E-state index in [1.54, 1.807) is 26.0 Å². The summed E-state index contributed by atoms with van der Waals surface area (Å²) in [5.74, 6) is -1.62. The maximum Gasteiger partial charge on any atom is 0.405 e. The normalized spacial score (nSPS) is 16.6. The van der Waals surface area contributed by atoms with Gasteiger partial charge in [-0.25, -0.2) is 9.78 Å². The van der Waals surface area contributed by atoms with Crippen LogP contribution in [0.15, 0.2) is 18.3 Å². The zero-order chi connectivity index (χ0) is 27.9. The minimum absolute atomic E-state index is 0.0297. The topological polar surface area (TPSA) is 250 Å². The number of carbonyl (C=O) groups excluding carboxylic acids is 3. The summed E-state index contributed by atoms with van der Waals surface area (Å²) in [5, 5.41) is 43.7. The Balaban J connectivity index is 1.62. The highest BCUT2D eigenvalue weighted by atomic mass is 16.4. The maximum atomic E-state index is 14.0. The lowest BCUT2D eigenvalue weighted by molar-refractivity contribution is -0.130. The van der Waals surface area contributed by atoms with E-state index in [4.69, 9.17) is 0 Å². The summed E-state index contributed by atoms with van der Waals surface area (Å²) in [7, 11) is 0. The van der Waals surface area contributed by atoms with Crippen LogP contribution in [0.2, 0.25) is 0 Å². The molecular weight excluding hydrogens is 514 g/mol. The van der Waals surface area contributed by atoms with E-state index in [0.717, 1.165) is 0 Å². The van der Waals surface area contributed by atoms with Crippen LogP contribution in [0.5, 0.6) is 0 Å². The molecule has 0 spiro atoms. The molecule has 3 aromatic rings. The van der Waals surface area contributed by atoms with Crippen LogP contribution in [0.1, 0.15) is 37.5 Å². The van der Waals surface area contributed by atoms with E-state index in [0.29, 0.717) is 12.0 Å². The fraction of sp³-hybridized carbons (Fsp3) is 0.476. The van der Waals surface area contributed by atoms with E-state index in [-0.39, 0.29) is 42.8 Å². The number of carbonyl (C=O) groups is 4. The largest absolute Gasteiger partial charge is 0.465 e. The second-order valence-electron chi connectivity index (χ2n) is 8.87. The summed E-state index contributed by atoms with van der Waals surface area (Å²) in [6.45, 7) is 3.49. The van der Waals surface area contributed by atoms with E-state index < -0.39 is 41.9 Å². The monoisotopic (exact) mass is 541 g/mol. The summed E-state index contributed by atoms with van der Waals surface area (Å²) in [6.07, 6.45) is 0.589. The fourth-order valence-corrected chi connectivity index (χ4v) is 4.18. The lowest BCUT2D eigenvalue weighted by atomic mass is 9.98. The Hall–Kier alpha value is -5.03. The maximum absolute atomic E-state index is 14.0. The molecule has 4 heterocycles. The number of aromatic nitrogens is 9. The molecule has 0 saturated carbocycles. The third kappa shape index (κ3) is 6.28. The van der Waals surface area contributed by atoms with Crippen LogP contribution >= 0.6 is 0 Å². The standard InChI is InChI=1S/C21H27N13O5/c1-3-10(2)16(25-21(38)39)19(36)24-12(8-14-26-30-31-27-14)20(37)34-13(7-11-5-4-6-22-17(11)34)18(35)23-9-15-28-32-33-29-15/h4-6,10,12-13,16,25H,3,7-9H2,1-2H3,(H,23,35)(H,24,36)(H,38,39)(H,26,27,30,31)(H,28,29,32,33)/t10-,12?,13?,16-/m0/s1. The van der Waals surface area contributed by atoms with Gasteiger partial charge in [-0.2, -0.15) is 10.4 Å². The molecule has 2 unspecified atom stereocenters. The van der Waals surface area contributed by atoms with E-state index in [1.807, 2.05) is 0 Å². The van der Waals surface area contributed by atoms with Crippen LogP contribution in [0.25, 0.3) is 0 Å². The first kappa shape index (κ1) is 27.0. The number of rotatable bonds is 11. The van der Waals surface area contributed by atoms with Gasteiger partial charge < -0.3 is 21.1 Å². The van der Waals surface area contributed by atoms with Crippen molar-refractivity contribution in [2.45, 2.75) is 57.8 Å². The Morgan fingerprint density at radius 2 is 1.85 bits per heavy atom. The lowest BCUT2D eigenvalue weighted by Crippen LogP contribution is -2.59. The van der Waals surface area contributed by atoms with Crippen molar-refractivity contribution in [2.75, 3.05) is 4.90 Å². The van der Waals surface area contributed by atoms with Crippen molar-refractivity contribution >= 4 is 29.6 Å². The minimum atomic E-state index is -1.38. The first-order chi connectivity index (χ1) is 18.8. The van der Waals surface area contributed by atoms with Gasteiger partial charge in [0.25, 0.3) is 5.91 Å². The number of hydrogen-bond donors (Lipinski definition) is 6. The number of anilines is 1. The number of aromatic amines is 2. The molecule has 0 aliphatic carbocycles. The zero-order valence-electron chi connectivity index (χ0n) is 21.0. The second kappa shape index (κ2) is 12.0. The van der Waals surface area contributed by atoms with Gasteiger partial charge in [0.2, 0.25) is 11.8 Å². The Kier molecular flexibility index (Phi) is 8.32. The van der Waals surface area contributed by atoms with Gasteiger partial charge in [0, 0.05) is 19.0 Å². The molecule has 0 bridgehead atoms. The van der Waals surface area contributed by atoms with Crippen LogP contribution in [0, 0.1) is 5.92 Å². The second-order valence-corrected chi connectivity index (χ2v) is 8.87. The number of nitrogens with one attached hydrogen (secondary N) is 5. The van der Waals surface area contributed by atoms with Gasteiger partial charge in [0.15, 0.2) is 11.6 Å². The highest BCUT2D eigenvalue weighted by Gasteiger charge is 2.43. The van der Waals surface area contributed by atoms with Crippen LogP contribution in [0.3, 0.4) is 0 Å². The number of H-pyrrole nitrogens is 2. The van der Waals surface area contributed by atoms with Crippen molar-refractivity contribution in [1.82, 2.24) is 62.2 Å². The number of tetrazole rings is 2. The smallest absolute Gasteiger partial charge is 0.405 e. The first-order valence-corrected chi connectivity index (χ1v) is 12.1.